The Kier molecular flexibility index (Phi) is 4.34. The maximum atomic E-state index is 10.9. The van der Waals surface area contributed by atoms with Crippen molar-refractivity contribution in [3.8, 4) is 0 Å². The van der Waals surface area contributed by atoms with Crippen LogP contribution in [0.1, 0.15) is 38.2 Å². The molecule has 0 radical (unpaired) electrons. The predicted octanol–water partition coefficient (Wildman–Crippen LogP) is 3.36. The Hall–Kier alpha value is -1.62. The summed E-state index contributed by atoms with van der Waals surface area (Å²) in [5.41, 5.74) is 2.08. The average Bonchev–Trinajstić information content (AvgIpc) is 2.93. The first-order chi connectivity index (χ1) is 10.6. The number of benzene rings is 1. The summed E-state index contributed by atoms with van der Waals surface area (Å²) in [4.78, 5) is 15.7. The van der Waals surface area contributed by atoms with Crippen molar-refractivity contribution in [1.29, 1.82) is 0 Å². The van der Waals surface area contributed by atoms with Gasteiger partial charge >= 0.3 is 0 Å². The summed E-state index contributed by atoms with van der Waals surface area (Å²) in [6.45, 7) is 7.51. The number of nitrogens with zero attached hydrogens (tertiary/aromatic N) is 3. The maximum absolute atomic E-state index is 10.9. The molecule has 1 atom stereocenters. The number of nitro benzene ring substituents is 1. The molecule has 2 aliphatic heterocycles. The molecule has 2 aliphatic rings. The Labute approximate surface area is 132 Å². The maximum Gasteiger partial charge on any atom is 0.272 e. The van der Waals surface area contributed by atoms with Crippen molar-refractivity contribution in [2.24, 2.45) is 0 Å². The van der Waals surface area contributed by atoms with E-state index < -0.39 is 0 Å². The molecule has 5 nitrogen and oxygen atoms in total. The van der Waals surface area contributed by atoms with Crippen molar-refractivity contribution in [1.82, 2.24) is 4.90 Å². The number of nitro groups is 1. The van der Waals surface area contributed by atoms with Gasteiger partial charge in [0, 0.05) is 42.5 Å². The van der Waals surface area contributed by atoms with E-state index in [1.165, 1.54) is 32.2 Å². The third-order valence-corrected chi connectivity index (χ3v) is 5.28. The van der Waals surface area contributed by atoms with E-state index in [0.29, 0.717) is 6.04 Å². The van der Waals surface area contributed by atoms with Crippen molar-refractivity contribution in [3.63, 3.8) is 0 Å². The number of rotatable bonds is 3. The average molecular weight is 303 g/mol. The Bertz CT molecular complexity index is 553. The number of anilines is 1. The fraction of sp³-hybridized carbons (Fsp3) is 0.647. The highest BCUT2D eigenvalue weighted by atomic mass is 16.6. The van der Waals surface area contributed by atoms with E-state index in [9.17, 15) is 10.1 Å². The molecule has 1 aromatic rings. The van der Waals surface area contributed by atoms with Crippen LogP contribution in [-0.2, 0) is 0 Å². The largest absolute Gasteiger partial charge is 0.371 e. The molecule has 2 fully saturated rings. The van der Waals surface area contributed by atoms with Crippen molar-refractivity contribution in [2.75, 3.05) is 24.5 Å². The number of hydrogen-bond acceptors (Lipinski definition) is 4. The lowest BCUT2D eigenvalue weighted by Crippen LogP contribution is -2.46. The van der Waals surface area contributed by atoms with Crippen LogP contribution in [0, 0.1) is 17.0 Å². The third-order valence-electron chi connectivity index (χ3n) is 5.28. The second-order valence-electron chi connectivity index (χ2n) is 6.68. The van der Waals surface area contributed by atoms with Crippen LogP contribution in [0.3, 0.4) is 0 Å². The van der Waals surface area contributed by atoms with E-state index in [-0.39, 0.29) is 10.6 Å². The van der Waals surface area contributed by atoms with Gasteiger partial charge in [0.25, 0.3) is 5.69 Å². The minimum atomic E-state index is -0.305. The first-order valence-electron chi connectivity index (χ1n) is 8.32. The lowest BCUT2D eigenvalue weighted by Gasteiger charge is -2.39. The molecule has 0 aromatic heterocycles. The highest BCUT2D eigenvalue weighted by Crippen LogP contribution is 2.29. The summed E-state index contributed by atoms with van der Waals surface area (Å²) in [6.07, 6.45) is 5.06. The molecule has 3 rings (SSSR count). The van der Waals surface area contributed by atoms with E-state index in [2.05, 4.69) is 16.7 Å². The topological polar surface area (TPSA) is 49.6 Å². The smallest absolute Gasteiger partial charge is 0.272 e. The molecule has 0 bridgehead atoms. The number of piperidine rings is 1. The summed E-state index contributed by atoms with van der Waals surface area (Å²) in [5, 5.41) is 10.9. The van der Waals surface area contributed by atoms with Crippen LogP contribution in [-0.4, -0.2) is 41.5 Å². The summed E-state index contributed by atoms with van der Waals surface area (Å²) in [6, 6.07) is 6.94. The normalized spacial score (nSPS) is 23.9. The standard InChI is InChI=1S/C17H25N3O2/c1-13-12-16(5-6-17(13)20(21)22)18-10-7-15(8-11-18)19-9-3-4-14(19)2/h5-6,12,14-15H,3-4,7-11H2,1-2H3. The van der Waals surface area contributed by atoms with Gasteiger partial charge in [-0.15, -0.1) is 0 Å². The Morgan fingerprint density at radius 3 is 2.45 bits per heavy atom. The van der Waals surface area contributed by atoms with E-state index in [0.717, 1.165) is 30.4 Å². The van der Waals surface area contributed by atoms with Gasteiger partial charge in [0.1, 0.15) is 0 Å². The van der Waals surface area contributed by atoms with Crippen LogP contribution >= 0.6 is 0 Å². The van der Waals surface area contributed by atoms with Gasteiger partial charge in [-0.25, -0.2) is 0 Å². The second-order valence-corrected chi connectivity index (χ2v) is 6.68. The van der Waals surface area contributed by atoms with Gasteiger partial charge in [-0.2, -0.15) is 0 Å². The van der Waals surface area contributed by atoms with Gasteiger partial charge in [0.15, 0.2) is 0 Å². The molecular formula is C17H25N3O2. The van der Waals surface area contributed by atoms with E-state index in [4.69, 9.17) is 0 Å². The fourth-order valence-electron chi connectivity index (χ4n) is 3.99. The third kappa shape index (κ3) is 2.95. The van der Waals surface area contributed by atoms with Gasteiger partial charge in [-0.3, -0.25) is 15.0 Å². The zero-order valence-electron chi connectivity index (χ0n) is 13.5. The van der Waals surface area contributed by atoms with Crippen LogP contribution in [0.5, 0.6) is 0 Å². The van der Waals surface area contributed by atoms with Gasteiger partial charge in [-0.1, -0.05) is 0 Å². The number of likely N-dealkylation sites (tertiary alicyclic amines) is 1. The van der Waals surface area contributed by atoms with Crippen molar-refractivity contribution in [2.45, 2.75) is 51.6 Å². The highest BCUT2D eigenvalue weighted by Gasteiger charge is 2.30. The molecule has 2 heterocycles. The Balaban J connectivity index is 1.64. The zero-order chi connectivity index (χ0) is 15.7. The SMILES string of the molecule is Cc1cc(N2CCC(N3CCCC3C)CC2)ccc1[N+](=O)[O-]. The molecule has 5 heteroatoms. The lowest BCUT2D eigenvalue weighted by molar-refractivity contribution is -0.385. The first-order valence-corrected chi connectivity index (χ1v) is 8.32. The van der Waals surface area contributed by atoms with Gasteiger partial charge in [-0.05, 0) is 58.2 Å². The van der Waals surface area contributed by atoms with Gasteiger partial charge < -0.3 is 4.90 Å². The summed E-state index contributed by atoms with van der Waals surface area (Å²) >= 11 is 0. The molecule has 0 N–H and O–H groups in total. The minimum Gasteiger partial charge on any atom is -0.371 e. The van der Waals surface area contributed by atoms with Gasteiger partial charge in [0.05, 0.1) is 4.92 Å². The predicted molar refractivity (Wildman–Crippen MR) is 88.5 cm³/mol. The molecule has 1 aromatic carbocycles. The van der Waals surface area contributed by atoms with Crippen molar-refractivity contribution in [3.05, 3.63) is 33.9 Å². The second kappa shape index (κ2) is 6.24. The van der Waals surface area contributed by atoms with Crippen LogP contribution in [0.4, 0.5) is 11.4 Å². The quantitative estimate of drug-likeness (QED) is 0.634. The monoisotopic (exact) mass is 303 g/mol. The molecule has 0 spiro atoms. The van der Waals surface area contributed by atoms with Crippen LogP contribution in [0.25, 0.3) is 0 Å². The zero-order valence-corrected chi connectivity index (χ0v) is 13.5. The molecule has 1 unspecified atom stereocenters. The molecule has 0 saturated carbocycles. The summed E-state index contributed by atoms with van der Waals surface area (Å²) in [7, 11) is 0. The molecule has 2 saturated heterocycles. The first kappa shape index (κ1) is 15.3. The van der Waals surface area contributed by atoms with E-state index >= 15 is 0 Å². The van der Waals surface area contributed by atoms with E-state index in [1.54, 1.807) is 6.07 Å². The van der Waals surface area contributed by atoms with Crippen LogP contribution < -0.4 is 4.90 Å². The molecule has 0 amide bonds. The minimum absolute atomic E-state index is 0.213. The van der Waals surface area contributed by atoms with Crippen molar-refractivity contribution < 1.29 is 4.92 Å². The van der Waals surface area contributed by atoms with Crippen LogP contribution in [0.2, 0.25) is 0 Å². The fourth-order valence-corrected chi connectivity index (χ4v) is 3.99. The van der Waals surface area contributed by atoms with Crippen LogP contribution in [0.15, 0.2) is 18.2 Å². The van der Waals surface area contributed by atoms with E-state index in [1.807, 2.05) is 19.1 Å². The van der Waals surface area contributed by atoms with Crippen molar-refractivity contribution >= 4 is 11.4 Å². The molecular weight excluding hydrogens is 278 g/mol. The molecule has 0 aliphatic carbocycles. The highest BCUT2D eigenvalue weighted by molar-refractivity contribution is 5.55. The lowest BCUT2D eigenvalue weighted by atomic mass is 10.0. The van der Waals surface area contributed by atoms with Gasteiger partial charge in [0.2, 0.25) is 0 Å². The summed E-state index contributed by atoms with van der Waals surface area (Å²) < 4.78 is 0. The molecule has 22 heavy (non-hydrogen) atoms. The Morgan fingerprint density at radius 2 is 1.91 bits per heavy atom. The summed E-state index contributed by atoms with van der Waals surface area (Å²) in [5.74, 6) is 0. The Morgan fingerprint density at radius 1 is 1.18 bits per heavy atom. The number of aryl methyl sites for hydroxylation is 1. The number of hydrogen-bond donors (Lipinski definition) is 0. The molecule has 120 valence electrons.